The summed E-state index contributed by atoms with van der Waals surface area (Å²) < 4.78 is 6.72. The van der Waals surface area contributed by atoms with Crippen molar-refractivity contribution in [2.75, 3.05) is 5.32 Å². The predicted octanol–water partition coefficient (Wildman–Crippen LogP) is 1.88. The molecule has 2 aromatic rings. The van der Waals surface area contributed by atoms with Gasteiger partial charge in [-0.2, -0.15) is 5.10 Å². The number of anilines is 1. The molecule has 0 aromatic carbocycles. The molecule has 1 amide bonds. The third-order valence-electron chi connectivity index (χ3n) is 2.31. The minimum Gasteiger partial charge on any atom is -0.459 e. The zero-order chi connectivity index (χ0) is 11.7. The summed E-state index contributed by atoms with van der Waals surface area (Å²) in [6, 6.07) is 3.56. The smallest absolute Gasteiger partial charge is 0.292 e. The normalized spacial score (nSPS) is 10.4. The predicted molar refractivity (Wildman–Crippen MR) is 59.3 cm³/mol. The standard InChI is InChI=1S/C11H13N3O2/c1-7-4-5-16-10(7)11(15)12-9-6-8(2)13-14(9)3/h4-6H,1-3H3,(H,12,15). The Morgan fingerprint density at radius 2 is 2.25 bits per heavy atom. The maximum Gasteiger partial charge on any atom is 0.292 e. The van der Waals surface area contributed by atoms with Gasteiger partial charge in [-0.25, -0.2) is 0 Å². The van der Waals surface area contributed by atoms with Crippen molar-refractivity contribution >= 4 is 11.7 Å². The van der Waals surface area contributed by atoms with E-state index >= 15 is 0 Å². The van der Waals surface area contributed by atoms with Gasteiger partial charge in [-0.15, -0.1) is 0 Å². The molecule has 0 aliphatic heterocycles. The Labute approximate surface area is 93.1 Å². The molecule has 0 saturated heterocycles. The Balaban J connectivity index is 2.20. The zero-order valence-corrected chi connectivity index (χ0v) is 9.44. The monoisotopic (exact) mass is 219 g/mol. The van der Waals surface area contributed by atoms with Crippen LogP contribution >= 0.6 is 0 Å². The number of carbonyl (C=O) groups is 1. The molecule has 0 atom stereocenters. The second-order valence-corrected chi connectivity index (χ2v) is 3.68. The Hall–Kier alpha value is -2.04. The average molecular weight is 219 g/mol. The van der Waals surface area contributed by atoms with Crippen molar-refractivity contribution < 1.29 is 9.21 Å². The molecule has 0 aliphatic rings. The molecule has 0 unspecified atom stereocenters. The van der Waals surface area contributed by atoms with Crippen molar-refractivity contribution in [3.63, 3.8) is 0 Å². The summed E-state index contributed by atoms with van der Waals surface area (Å²) in [6.45, 7) is 3.70. The molecule has 0 bridgehead atoms. The van der Waals surface area contributed by atoms with Crippen LogP contribution in [0.4, 0.5) is 5.82 Å². The average Bonchev–Trinajstić information content (AvgIpc) is 2.74. The van der Waals surface area contributed by atoms with Gasteiger partial charge in [0.05, 0.1) is 12.0 Å². The summed E-state index contributed by atoms with van der Waals surface area (Å²) in [7, 11) is 1.78. The van der Waals surface area contributed by atoms with Gasteiger partial charge in [0.15, 0.2) is 5.76 Å². The molecule has 5 heteroatoms. The van der Waals surface area contributed by atoms with Gasteiger partial charge < -0.3 is 9.73 Å². The van der Waals surface area contributed by atoms with Crippen LogP contribution in [0.5, 0.6) is 0 Å². The van der Waals surface area contributed by atoms with Crippen LogP contribution in [0, 0.1) is 13.8 Å². The lowest BCUT2D eigenvalue weighted by Crippen LogP contribution is -2.14. The maximum absolute atomic E-state index is 11.8. The van der Waals surface area contributed by atoms with E-state index in [1.54, 1.807) is 23.9 Å². The molecular formula is C11H13N3O2. The highest BCUT2D eigenvalue weighted by Gasteiger charge is 2.14. The first-order chi connectivity index (χ1) is 7.58. The molecule has 16 heavy (non-hydrogen) atoms. The van der Waals surface area contributed by atoms with E-state index in [1.165, 1.54) is 6.26 Å². The van der Waals surface area contributed by atoms with E-state index < -0.39 is 0 Å². The number of rotatable bonds is 2. The topological polar surface area (TPSA) is 60.1 Å². The fraction of sp³-hybridized carbons (Fsp3) is 0.273. The summed E-state index contributed by atoms with van der Waals surface area (Å²) in [5.41, 5.74) is 1.67. The molecular weight excluding hydrogens is 206 g/mol. The van der Waals surface area contributed by atoms with Crippen LogP contribution in [0.1, 0.15) is 21.8 Å². The van der Waals surface area contributed by atoms with Gasteiger partial charge in [-0.1, -0.05) is 0 Å². The maximum atomic E-state index is 11.8. The van der Waals surface area contributed by atoms with Crippen molar-refractivity contribution in [2.45, 2.75) is 13.8 Å². The first-order valence-corrected chi connectivity index (χ1v) is 4.94. The minimum absolute atomic E-state index is 0.259. The number of amides is 1. The van der Waals surface area contributed by atoms with Crippen LogP contribution in [0.25, 0.3) is 0 Å². The fourth-order valence-electron chi connectivity index (χ4n) is 1.51. The van der Waals surface area contributed by atoms with Gasteiger partial charge >= 0.3 is 0 Å². The first-order valence-electron chi connectivity index (χ1n) is 4.94. The lowest BCUT2D eigenvalue weighted by Gasteiger charge is -2.03. The van der Waals surface area contributed by atoms with E-state index in [-0.39, 0.29) is 5.91 Å². The van der Waals surface area contributed by atoms with Crippen LogP contribution in [0.3, 0.4) is 0 Å². The summed E-state index contributed by atoms with van der Waals surface area (Å²) in [6.07, 6.45) is 1.50. The van der Waals surface area contributed by atoms with Gasteiger partial charge in [-0.3, -0.25) is 9.48 Å². The van der Waals surface area contributed by atoms with Crippen molar-refractivity contribution in [2.24, 2.45) is 7.05 Å². The Morgan fingerprint density at radius 3 is 2.75 bits per heavy atom. The van der Waals surface area contributed by atoms with E-state index in [9.17, 15) is 4.79 Å². The lowest BCUT2D eigenvalue weighted by atomic mass is 10.3. The van der Waals surface area contributed by atoms with Crippen molar-refractivity contribution in [1.29, 1.82) is 0 Å². The summed E-state index contributed by atoms with van der Waals surface area (Å²) in [4.78, 5) is 11.8. The molecule has 0 radical (unpaired) electrons. The van der Waals surface area contributed by atoms with Crippen molar-refractivity contribution in [1.82, 2.24) is 9.78 Å². The Kier molecular flexibility index (Phi) is 2.52. The molecule has 1 N–H and O–H groups in total. The molecule has 84 valence electrons. The van der Waals surface area contributed by atoms with E-state index in [2.05, 4.69) is 10.4 Å². The lowest BCUT2D eigenvalue weighted by molar-refractivity contribution is 0.0995. The molecule has 2 heterocycles. The van der Waals surface area contributed by atoms with Gasteiger partial charge in [0.2, 0.25) is 0 Å². The number of hydrogen-bond acceptors (Lipinski definition) is 3. The minimum atomic E-state index is -0.259. The largest absolute Gasteiger partial charge is 0.459 e. The van der Waals surface area contributed by atoms with E-state index in [0.29, 0.717) is 11.6 Å². The molecule has 0 aliphatic carbocycles. The van der Waals surface area contributed by atoms with Crippen LogP contribution in [-0.2, 0) is 7.05 Å². The van der Waals surface area contributed by atoms with E-state index in [0.717, 1.165) is 11.3 Å². The third kappa shape index (κ3) is 1.84. The van der Waals surface area contributed by atoms with Crippen LogP contribution < -0.4 is 5.32 Å². The molecule has 0 fully saturated rings. The van der Waals surface area contributed by atoms with Gasteiger partial charge in [0.25, 0.3) is 5.91 Å². The van der Waals surface area contributed by atoms with Gasteiger partial charge in [-0.05, 0) is 19.9 Å². The number of nitrogens with one attached hydrogen (secondary N) is 1. The summed E-state index contributed by atoms with van der Waals surface area (Å²) in [5, 5.41) is 6.88. The number of carbonyl (C=O) groups excluding carboxylic acids is 1. The van der Waals surface area contributed by atoms with Gasteiger partial charge in [0.1, 0.15) is 5.82 Å². The number of furan rings is 1. The van der Waals surface area contributed by atoms with Crippen LogP contribution in [0.15, 0.2) is 22.8 Å². The highest BCUT2D eigenvalue weighted by Crippen LogP contribution is 2.13. The second-order valence-electron chi connectivity index (χ2n) is 3.68. The SMILES string of the molecule is Cc1cc(NC(=O)c2occc2C)n(C)n1. The second kappa shape index (κ2) is 3.84. The fourth-order valence-corrected chi connectivity index (χ4v) is 1.51. The van der Waals surface area contributed by atoms with Crippen LogP contribution in [-0.4, -0.2) is 15.7 Å². The van der Waals surface area contributed by atoms with Crippen molar-refractivity contribution in [3.8, 4) is 0 Å². The Bertz CT molecular complexity index is 525. The highest BCUT2D eigenvalue weighted by molar-refractivity contribution is 6.02. The Morgan fingerprint density at radius 1 is 1.50 bits per heavy atom. The molecule has 5 nitrogen and oxygen atoms in total. The number of aryl methyl sites for hydroxylation is 3. The van der Waals surface area contributed by atoms with Crippen LogP contribution in [0.2, 0.25) is 0 Å². The first kappa shape index (κ1) is 10.5. The third-order valence-corrected chi connectivity index (χ3v) is 2.31. The quantitative estimate of drug-likeness (QED) is 0.838. The highest BCUT2D eigenvalue weighted by atomic mass is 16.3. The van der Waals surface area contributed by atoms with E-state index in [1.807, 2.05) is 13.8 Å². The molecule has 2 rings (SSSR count). The molecule has 0 saturated carbocycles. The van der Waals surface area contributed by atoms with Crippen molar-refractivity contribution in [3.05, 3.63) is 35.4 Å². The summed E-state index contributed by atoms with van der Waals surface area (Å²) in [5.74, 6) is 0.725. The number of hydrogen-bond donors (Lipinski definition) is 1. The number of nitrogens with zero attached hydrogens (tertiary/aromatic N) is 2. The molecule has 2 aromatic heterocycles. The van der Waals surface area contributed by atoms with Gasteiger partial charge in [0, 0.05) is 18.7 Å². The summed E-state index contributed by atoms with van der Waals surface area (Å²) >= 11 is 0. The van der Waals surface area contributed by atoms with E-state index in [4.69, 9.17) is 4.42 Å². The molecule has 0 spiro atoms. The zero-order valence-electron chi connectivity index (χ0n) is 9.44. The number of aromatic nitrogens is 2.